The minimum absolute atomic E-state index is 0.129. The van der Waals surface area contributed by atoms with E-state index in [1.54, 1.807) is 36.4 Å². The minimum Gasteiger partial charge on any atom is -0.376 e. The molecule has 0 aliphatic heterocycles. The Morgan fingerprint density at radius 3 is 2.21 bits per heavy atom. The molecule has 0 fully saturated rings. The smallest absolute Gasteiger partial charge is 0.243 e. The molecule has 6 nitrogen and oxygen atoms in total. The van der Waals surface area contributed by atoms with Crippen molar-refractivity contribution in [1.29, 1.82) is 0 Å². The van der Waals surface area contributed by atoms with Crippen molar-refractivity contribution in [2.24, 2.45) is 0 Å². The molecule has 2 aromatic carbocycles. The van der Waals surface area contributed by atoms with E-state index in [9.17, 15) is 13.2 Å². The topological polar surface area (TPSA) is 69.7 Å². The fraction of sp³-hybridized carbons (Fsp3) is 0.381. The molecule has 0 spiro atoms. The molecule has 0 saturated heterocycles. The van der Waals surface area contributed by atoms with Crippen molar-refractivity contribution in [3.05, 3.63) is 53.1 Å². The fourth-order valence-electron chi connectivity index (χ4n) is 3.01. The second-order valence-electron chi connectivity index (χ2n) is 6.84. The van der Waals surface area contributed by atoms with Gasteiger partial charge < -0.3 is 10.2 Å². The molecule has 0 aromatic heterocycles. The Balaban J connectivity index is 2.02. The number of carbonyl (C=O) groups is 1. The summed E-state index contributed by atoms with van der Waals surface area (Å²) in [6.07, 6.45) is 0.789. The maximum absolute atomic E-state index is 12.5. The van der Waals surface area contributed by atoms with E-state index >= 15 is 0 Å². The molecule has 0 aliphatic rings. The molecule has 2 rings (SSSR count). The summed E-state index contributed by atoms with van der Waals surface area (Å²) in [5.74, 6) is -0.129. The van der Waals surface area contributed by atoms with Crippen LogP contribution in [-0.2, 0) is 21.2 Å². The van der Waals surface area contributed by atoms with Crippen LogP contribution >= 0.6 is 11.6 Å². The van der Waals surface area contributed by atoms with Gasteiger partial charge in [0.2, 0.25) is 15.9 Å². The summed E-state index contributed by atoms with van der Waals surface area (Å²) in [5, 5.41) is 3.45. The van der Waals surface area contributed by atoms with Crippen molar-refractivity contribution in [3.8, 4) is 0 Å². The Morgan fingerprint density at radius 1 is 1.03 bits per heavy atom. The van der Waals surface area contributed by atoms with E-state index in [-0.39, 0.29) is 17.2 Å². The number of anilines is 2. The van der Waals surface area contributed by atoms with Crippen molar-refractivity contribution < 1.29 is 13.2 Å². The Hall–Kier alpha value is -2.09. The third-order valence-corrected chi connectivity index (χ3v) is 6.92. The molecule has 0 aliphatic carbocycles. The van der Waals surface area contributed by atoms with Gasteiger partial charge in [0.05, 0.1) is 16.3 Å². The van der Waals surface area contributed by atoms with Gasteiger partial charge in [-0.15, -0.1) is 0 Å². The predicted molar refractivity (Wildman–Crippen MR) is 119 cm³/mol. The molecule has 1 N–H and O–H groups in total. The zero-order valence-electron chi connectivity index (χ0n) is 17.3. The van der Waals surface area contributed by atoms with E-state index in [0.717, 1.165) is 11.3 Å². The first-order valence-corrected chi connectivity index (χ1v) is 11.4. The summed E-state index contributed by atoms with van der Waals surface area (Å²) >= 11 is 6.05. The highest BCUT2D eigenvalue weighted by molar-refractivity contribution is 7.89. The molecule has 1 amide bonds. The Kier molecular flexibility index (Phi) is 8.07. The molecule has 29 heavy (non-hydrogen) atoms. The van der Waals surface area contributed by atoms with Crippen molar-refractivity contribution in [3.63, 3.8) is 0 Å². The largest absolute Gasteiger partial charge is 0.376 e. The molecule has 0 heterocycles. The van der Waals surface area contributed by atoms with Crippen molar-refractivity contribution >= 4 is 38.9 Å². The molecule has 8 heteroatoms. The number of carbonyl (C=O) groups excluding carboxylic acids is 1. The van der Waals surface area contributed by atoms with Gasteiger partial charge in [-0.25, -0.2) is 8.42 Å². The number of rotatable bonds is 9. The van der Waals surface area contributed by atoms with Gasteiger partial charge in [-0.1, -0.05) is 37.6 Å². The van der Waals surface area contributed by atoms with Gasteiger partial charge in [-0.2, -0.15) is 4.31 Å². The quantitative estimate of drug-likeness (QED) is 0.643. The number of halogens is 1. The van der Waals surface area contributed by atoms with Crippen LogP contribution in [0, 0.1) is 0 Å². The van der Waals surface area contributed by atoms with Gasteiger partial charge in [0.15, 0.2) is 0 Å². The molecule has 158 valence electrons. The Bertz CT molecular complexity index is 940. The van der Waals surface area contributed by atoms with E-state index in [2.05, 4.69) is 5.32 Å². The van der Waals surface area contributed by atoms with E-state index in [0.29, 0.717) is 30.2 Å². The number of nitrogens with one attached hydrogen (secondary N) is 1. The van der Waals surface area contributed by atoms with Gasteiger partial charge >= 0.3 is 0 Å². The zero-order chi connectivity index (χ0) is 21.6. The monoisotopic (exact) mass is 437 g/mol. The molecule has 0 unspecified atom stereocenters. The molecule has 0 saturated carbocycles. The normalized spacial score (nSPS) is 11.5. The SMILES string of the molecule is CCN(CC)S(=O)(=O)c1ccc(CCC(=O)Nc2cc(Cl)ccc2N(C)C)cc1. The van der Waals surface area contributed by atoms with Crippen molar-refractivity contribution in [2.75, 3.05) is 37.4 Å². The van der Waals surface area contributed by atoms with Crippen LogP contribution in [-0.4, -0.2) is 45.8 Å². The highest BCUT2D eigenvalue weighted by Crippen LogP contribution is 2.28. The lowest BCUT2D eigenvalue weighted by molar-refractivity contribution is -0.116. The van der Waals surface area contributed by atoms with Crippen LogP contribution in [0.4, 0.5) is 11.4 Å². The summed E-state index contributed by atoms with van der Waals surface area (Å²) < 4.78 is 26.5. The van der Waals surface area contributed by atoms with Gasteiger partial charge in [0, 0.05) is 38.6 Å². The maximum Gasteiger partial charge on any atom is 0.243 e. The van der Waals surface area contributed by atoms with Crippen LogP contribution in [0.5, 0.6) is 0 Å². The van der Waals surface area contributed by atoms with Gasteiger partial charge in [-0.05, 0) is 42.3 Å². The molecular weight excluding hydrogens is 410 g/mol. The molecular formula is C21H28ClN3O3S. The molecule has 0 radical (unpaired) electrons. The minimum atomic E-state index is -3.47. The van der Waals surface area contributed by atoms with Crippen LogP contribution in [0.15, 0.2) is 47.4 Å². The maximum atomic E-state index is 12.5. The van der Waals surface area contributed by atoms with E-state index < -0.39 is 10.0 Å². The van der Waals surface area contributed by atoms with E-state index in [1.807, 2.05) is 38.9 Å². The summed E-state index contributed by atoms with van der Waals surface area (Å²) in [6, 6.07) is 12.1. The van der Waals surface area contributed by atoms with Gasteiger partial charge in [0.25, 0.3) is 0 Å². The fourth-order valence-corrected chi connectivity index (χ4v) is 4.64. The standard InChI is InChI=1S/C21H28ClN3O3S/c1-5-25(6-2)29(27,28)18-11-7-16(8-12-18)9-14-21(26)23-19-15-17(22)10-13-20(19)24(3)4/h7-8,10-13,15H,5-6,9,14H2,1-4H3,(H,23,26). The number of nitrogens with zero attached hydrogens (tertiary/aromatic N) is 2. The Labute approximate surface area is 178 Å². The number of hydrogen-bond acceptors (Lipinski definition) is 4. The zero-order valence-corrected chi connectivity index (χ0v) is 18.8. The lowest BCUT2D eigenvalue weighted by atomic mass is 10.1. The summed E-state index contributed by atoms with van der Waals surface area (Å²) in [4.78, 5) is 14.6. The number of amides is 1. The number of aryl methyl sites for hydroxylation is 1. The lowest BCUT2D eigenvalue weighted by Crippen LogP contribution is -2.30. The Morgan fingerprint density at radius 2 is 1.66 bits per heavy atom. The van der Waals surface area contributed by atoms with Gasteiger partial charge in [0.1, 0.15) is 0 Å². The van der Waals surface area contributed by atoms with Crippen molar-refractivity contribution in [2.45, 2.75) is 31.6 Å². The highest BCUT2D eigenvalue weighted by Gasteiger charge is 2.21. The first kappa shape index (κ1) is 23.2. The summed E-state index contributed by atoms with van der Waals surface area (Å²) in [6.45, 7) is 4.49. The van der Waals surface area contributed by atoms with Crippen LogP contribution in [0.2, 0.25) is 5.02 Å². The summed E-state index contributed by atoms with van der Waals surface area (Å²) in [5.41, 5.74) is 2.43. The first-order valence-electron chi connectivity index (χ1n) is 9.54. The van der Waals surface area contributed by atoms with E-state index in [1.165, 1.54) is 4.31 Å². The third-order valence-electron chi connectivity index (χ3n) is 4.62. The molecule has 0 bridgehead atoms. The van der Waals surface area contributed by atoms with Crippen LogP contribution in [0.1, 0.15) is 25.8 Å². The average molecular weight is 438 g/mol. The van der Waals surface area contributed by atoms with Crippen molar-refractivity contribution in [1.82, 2.24) is 4.31 Å². The number of sulfonamides is 1. The highest BCUT2D eigenvalue weighted by atomic mass is 35.5. The van der Waals surface area contributed by atoms with E-state index in [4.69, 9.17) is 11.6 Å². The van der Waals surface area contributed by atoms with Crippen LogP contribution in [0.25, 0.3) is 0 Å². The average Bonchev–Trinajstić information content (AvgIpc) is 2.67. The summed E-state index contributed by atoms with van der Waals surface area (Å²) in [7, 11) is 0.321. The first-order chi connectivity index (χ1) is 13.7. The molecule has 2 aromatic rings. The predicted octanol–water partition coefficient (Wildman–Crippen LogP) is 4.01. The lowest BCUT2D eigenvalue weighted by Gasteiger charge is -2.19. The second-order valence-corrected chi connectivity index (χ2v) is 9.21. The van der Waals surface area contributed by atoms with Gasteiger partial charge in [-0.3, -0.25) is 4.79 Å². The number of benzene rings is 2. The van der Waals surface area contributed by atoms with Crippen LogP contribution < -0.4 is 10.2 Å². The second kappa shape index (κ2) is 10.1. The molecule has 0 atom stereocenters. The van der Waals surface area contributed by atoms with Crippen LogP contribution in [0.3, 0.4) is 0 Å². The number of hydrogen-bond donors (Lipinski definition) is 1. The third kappa shape index (κ3) is 5.95.